The van der Waals surface area contributed by atoms with Gasteiger partial charge < -0.3 is 15.4 Å². The van der Waals surface area contributed by atoms with Gasteiger partial charge in [0.1, 0.15) is 16.6 Å². The second kappa shape index (κ2) is 9.80. The zero-order chi connectivity index (χ0) is 19.8. The van der Waals surface area contributed by atoms with Crippen LogP contribution in [0.25, 0.3) is 0 Å². The molecule has 8 heteroatoms. The second-order valence-electron chi connectivity index (χ2n) is 5.91. The Balaban J connectivity index is 1.53. The van der Waals surface area contributed by atoms with Gasteiger partial charge in [-0.2, -0.15) is 0 Å². The molecule has 0 unspecified atom stereocenters. The van der Waals surface area contributed by atoms with Crippen molar-refractivity contribution < 1.29 is 9.13 Å². The van der Waals surface area contributed by atoms with E-state index in [-0.39, 0.29) is 5.82 Å². The number of rotatable bonds is 7. The number of aliphatic imine (C=N–C) groups is 1. The third-order valence-electron chi connectivity index (χ3n) is 3.88. The number of aryl methyl sites for hydroxylation is 1. The Morgan fingerprint density at radius 3 is 2.64 bits per heavy atom. The first kappa shape index (κ1) is 19.8. The number of pyridine rings is 1. The van der Waals surface area contributed by atoms with Gasteiger partial charge in [0.25, 0.3) is 0 Å². The maximum atomic E-state index is 13.0. The predicted octanol–water partition coefficient (Wildman–Crippen LogP) is 3.90. The summed E-state index contributed by atoms with van der Waals surface area (Å²) >= 11 is 1.70. The molecule has 0 aliphatic carbocycles. The first-order valence-corrected chi connectivity index (χ1v) is 9.74. The van der Waals surface area contributed by atoms with Gasteiger partial charge in [0.2, 0.25) is 5.88 Å². The molecule has 3 rings (SSSR count). The monoisotopic (exact) mass is 399 g/mol. The lowest BCUT2D eigenvalue weighted by Gasteiger charge is -2.11. The average Bonchev–Trinajstić information content (AvgIpc) is 3.18. The summed E-state index contributed by atoms with van der Waals surface area (Å²) < 4.78 is 18.7. The number of halogens is 1. The zero-order valence-electron chi connectivity index (χ0n) is 15.8. The largest absolute Gasteiger partial charge is 0.439 e. The molecule has 0 bridgehead atoms. The van der Waals surface area contributed by atoms with E-state index in [9.17, 15) is 4.39 Å². The third-order valence-corrected chi connectivity index (χ3v) is 5.02. The Kier molecular flexibility index (Phi) is 6.91. The summed E-state index contributed by atoms with van der Waals surface area (Å²) in [6.45, 7) is 3.30. The molecular formula is C20H22FN5OS. The molecule has 2 N–H and O–H groups in total. The quantitative estimate of drug-likeness (QED) is 0.466. The Morgan fingerprint density at radius 2 is 1.93 bits per heavy atom. The van der Waals surface area contributed by atoms with Crippen molar-refractivity contribution in [3.8, 4) is 11.6 Å². The molecular weight excluding hydrogens is 377 g/mol. The molecule has 28 heavy (non-hydrogen) atoms. The molecule has 2 heterocycles. The van der Waals surface area contributed by atoms with Crippen LogP contribution in [-0.4, -0.2) is 23.0 Å². The number of hydrogen-bond acceptors (Lipinski definition) is 5. The highest BCUT2D eigenvalue weighted by Gasteiger charge is 2.05. The number of hydrogen-bond donors (Lipinski definition) is 2. The van der Waals surface area contributed by atoms with E-state index < -0.39 is 0 Å². The fraction of sp³-hybridized carbons (Fsp3) is 0.250. The van der Waals surface area contributed by atoms with Crippen molar-refractivity contribution in [3.05, 3.63) is 70.1 Å². The number of aromatic nitrogens is 2. The summed E-state index contributed by atoms with van der Waals surface area (Å²) in [6.07, 6.45) is 4.58. The van der Waals surface area contributed by atoms with Crippen molar-refractivity contribution in [1.82, 2.24) is 20.6 Å². The standard InChI is InChI=1S/C20H22FN5OS/c1-3-17-12-24-19(28-17)13-26-20(22-2)25-11-14-8-9-23-18(10-14)27-16-6-4-15(21)5-7-16/h4-10,12H,3,11,13H2,1-2H3,(H2,22,25,26). The lowest BCUT2D eigenvalue weighted by molar-refractivity contribution is 0.460. The third kappa shape index (κ3) is 5.75. The fourth-order valence-electron chi connectivity index (χ4n) is 2.40. The highest BCUT2D eigenvalue weighted by atomic mass is 32.1. The van der Waals surface area contributed by atoms with E-state index in [2.05, 4.69) is 32.5 Å². The van der Waals surface area contributed by atoms with Gasteiger partial charge >= 0.3 is 0 Å². The van der Waals surface area contributed by atoms with Gasteiger partial charge in [-0.25, -0.2) is 14.4 Å². The van der Waals surface area contributed by atoms with Crippen molar-refractivity contribution in [2.45, 2.75) is 26.4 Å². The molecule has 0 saturated carbocycles. The van der Waals surface area contributed by atoms with E-state index in [1.54, 1.807) is 36.7 Å². The van der Waals surface area contributed by atoms with Crippen LogP contribution in [0.15, 0.2) is 53.8 Å². The van der Waals surface area contributed by atoms with Crippen LogP contribution in [0, 0.1) is 5.82 Å². The summed E-state index contributed by atoms with van der Waals surface area (Å²) in [7, 11) is 1.73. The Labute approximate surface area is 167 Å². The molecule has 0 fully saturated rings. The Bertz CT molecular complexity index is 926. The lowest BCUT2D eigenvalue weighted by Crippen LogP contribution is -2.36. The SMILES string of the molecule is CCc1cnc(CNC(=NC)NCc2ccnc(Oc3ccc(F)cc3)c2)s1. The van der Waals surface area contributed by atoms with E-state index >= 15 is 0 Å². The van der Waals surface area contributed by atoms with Crippen LogP contribution in [0.5, 0.6) is 11.6 Å². The van der Waals surface area contributed by atoms with Gasteiger partial charge in [0.15, 0.2) is 5.96 Å². The molecule has 0 aliphatic heterocycles. The molecule has 6 nitrogen and oxygen atoms in total. The first-order chi connectivity index (χ1) is 13.7. The zero-order valence-corrected chi connectivity index (χ0v) is 16.6. The number of benzene rings is 1. The molecule has 3 aromatic rings. The summed E-state index contributed by atoms with van der Waals surface area (Å²) in [6, 6.07) is 9.56. The molecule has 0 spiro atoms. The van der Waals surface area contributed by atoms with Crippen molar-refractivity contribution in [1.29, 1.82) is 0 Å². The van der Waals surface area contributed by atoms with Crippen molar-refractivity contribution in [3.63, 3.8) is 0 Å². The van der Waals surface area contributed by atoms with Crippen LogP contribution in [0.2, 0.25) is 0 Å². The van der Waals surface area contributed by atoms with Gasteiger partial charge in [-0.05, 0) is 42.3 Å². The van der Waals surface area contributed by atoms with Gasteiger partial charge in [-0.1, -0.05) is 6.92 Å². The molecule has 0 saturated heterocycles. The van der Waals surface area contributed by atoms with Crippen LogP contribution in [0.3, 0.4) is 0 Å². The van der Waals surface area contributed by atoms with E-state index in [0.29, 0.717) is 30.7 Å². The number of nitrogens with one attached hydrogen (secondary N) is 2. The van der Waals surface area contributed by atoms with Gasteiger partial charge in [0, 0.05) is 36.9 Å². The number of ether oxygens (including phenoxy) is 1. The maximum Gasteiger partial charge on any atom is 0.219 e. The summed E-state index contributed by atoms with van der Waals surface area (Å²) in [5.74, 6) is 1.36. The molecule has 0 aliphatic rings. The van der Waals surface area contributed by atoms with Crippen LogP contribution in [0.4, 0.5) is 4.39 Å². The maximum absolute atomic E-state index is 13.0. The normalized spacial score (nSPS) is 11.3. The predicted molar refractivity (Wildman–Crippen MR) is 109 cm³/mol. The van der Waals surface area contributed by atoms with Crippen molar-refractivity contribution in [2.24, 2.45) is 4.99 Å². The molecule has 0 atom stereocenters. The topological polar surface area (TPSA) is 71.4 Å². The van der Waals surface area contributed by atoms with Gasteiger partial charge in [-0.15, -0.1) is 11.3 Å². The van der Waals surface area contributed by atoms with Crippen LogP contribution in [0.1, 0.15) is 22.4 Å². The smallest absolute Gasteiger partial charge is 0.219 e. The minimum atomic E-state index is -0.305. The highest BCUT2D eigenvalue weighted by molar-refractivity contribution is 7.11. The van der Waals surface area contributed by atoms with Crippen LogP contribution < -0.4 is 15.4 Å². The van der Waals surface area contributed by atoms with Crippen LogP contribution in [-0.2, 0) is 19.5 Å². The van der Waals surface area contributed by atoms with E-state index in [1.807, 2.05) is 18.3 Å². The number of guanidine groups is 1. The average molecular weight is 399 g/mol. The molecule has 0 amide bonds. The molecule has 2 aromatic heterocycles. The highest BCUT2D eigenvalue weighted by Crippen LogP contribution is 2.20. The second-order valence-corrected chi connectivity index (χ2v) is 7.11. The Morgan fingerprint density at radius 1 is 1.14 bits per heavy atom. The van der Waals surface area contributed by atoms with E-state index in [1.165, 1.54) is 17.0 Å². The van der Waals surface area contributed by atoms with Crippen molar-refractivity contribution in [2.75, 3.05) is 7.05 Å². The van der Waals surface area contributed by atoms with E-state index in [4.69, 9.17) is 4.74 Å². The minimum Gasteiger partial charge on any atom is -0.439 e. The summed E-state index contributed by atoms with van der Waals surface area (Å²) in [5.41, 5.74) is 0.984. The number of thiazole rings is 1. The fourth-order valence-corrected chi connectivity index (χ4v) is 3.20. The van der Waals surface area contributed by atoms with Gasteiger partial charge in [0.05, 0.1) is 6.54 Å². The van der Waals surface area contributed by atoms with Gasteiger partial charge in [-0.3, -0.25) is 4.99 Å². The van der Waals surface area contributed by atoms with Crippen LogP contribution >= 0.6 is 11.3 Å². The summed E-state index contributed by atoms with van der Waals surface area (Å²) in [5, 5.41) is 7.54. The minimum absolute atomic E-state index is 0.305. The molecule has 1 aromatic carbocycles. The Hall–Kier alpha value is -3.00. The lowest BCUT2D eigenvalue weighted by atomic mass is 10.2. The molecule has 0 radical (unpaired) electrons. The molecule has 146 valence electrons. The van der Waals surface area contributed by atoms with E-state index in [0.717, 1.165) is 17.0 Å². The summed E-state index contributed by atoms with van der Waals surface area (Å²) in [4.78, 5) is 14.1. The van der Waals surface area contributed by atoms with Crippen molar-refractivity contribution >= 4 is 17.3 Å². The first-order valence-electron chi connectivity index (χ1n) is 8.92. The number of nitrogens with zero attached hydrogens (tertiary/aromatic N) is 3.